The molecule has 6 nitrogen and oxygen atoms in total. The minimum absolute atomic E-state index is 0.106. The molecule has 1 saturated heterocycles. The lowest BCUT2D eigenvalue weighted by molar-refractivity contribution is 0.0710. The number of hydrogen-bond acceptors (Lipinski definition) is 5. The zero-order valence-electron chi connectivity index (χ0n) is 12.2. The van der Waals surface area contributed by atoms with Crippen molar-refractivity contribution in [3.8, 4) is 0 Å². The van der Waals surface area contributed by atoms with E-state index < -0.39 is 0 Å². The highest BCUT2D eigenvalue weighted by Gasteiger charge is 2.27. The lowest BCUT2D eigenvalue weighted by atomic mass is 9.94. The van der Waals surface area contributed by atoms with E-state index in [1.54, 1.807) is 10.7 Å². The van der Waals surface area contributed by atoms with E-state index in [0.29, 0.717) is 12.3 Å². The van der Waals surface area contributed by atoms with Gasteiger partial charge in [-0.2, -0.15) is 10.1 Å². The fraction of sp³-hybridized carbons (Fsp3) is 0.333. The summed E-state index contributed by atoms with van der Waals surface area (Å²) in [4.78, 5) is 23.7. The summed E-state index contributed by atoms with van der Waals surface area (Å²) >= 11 is 4.90. The molecular weight excluding hydrogens is 378 g/mol. The van der Waals surface area contributed by atoms with Crippen LogP contribution < -0.4 is 0 Å². The molecule has 0 unspecified atom stereocenters. The molecule has 0 bridgehead atoms. The van der Waals surface area contributed by atoms with Crippen molar-refractivity contribution >= 4 is 39.0 Å². The van der Waals surface area contributed by atoms with Crippen LogP contribution in [0.4, 0.5) is 0 Å². The van der Waals surface area contributed by atoms with E-state index in [4.69, 9.17) is 0 Å². The molecule has 1 amide bonds. The van der Waals surface area contributed by atoms with Gasteiger partial charge in [-0.05, 0) is 47.0 Å². The predicted molar refractivity (Wildman–Crippen MR) is 90.7 cm³/mol. The van der Waals surface area contributed by atoms with Crippen LogP contribution in [0.5, 0.6) is 0 Å². The minimum atomic E-state index is 0.106. The normalized spacial score (nSPS) is 18.5. The molecule has 4 rings (SSSR count). The van der Waals surface area contributed by atoms with Crippen LogP contribution in [-0.2, 0) is 0 Å². The summed E-state index contributed by atoms with van der Waals surface area (Å²) in [6.45, 7) is 1.50. The molecule has 0 radical (unpaired) electrons. The summed E-state index contributed by atoms with van der Waals surface area (Å²) in [6, 6.07) is 5.77. The first-order valence-electron chi connectivity index (χ1n) is 7.41. The Morgan fingerprint density at radius 2 is 2.22 bits per heavy atom. The van der Waals surface area contributed by atoms with Crippen molar-refractivity contribution in [2.45, 2.75) is 18.8 Å². The average Bonchev–Trinajstić information content (AvgIpc) is 3.22. The summed E-state index contributed by atoms with van der Waals surface area (Å²) < 4.78 is 2.76. The van der Waals surface area contributed by atoms with Crippen LogP contribution in [0.15, 0.2) is 34.5 Å². The Hall–Kier alpha value is -1.80. The topological polar surface area (TPSA) is 63.4 Å². The van der Waals surface area contributed by atoms with E-state index in [-0.39, 0.29) is 11.8 Å². The number of thiophene rings is 1. The van der Waals surface area contributed by atoms with Gasteiger partial charge in [0.05, 0.1) is 14.4 Å². The molecule has 118 valence electrons. The van der Waals surface area contributed by atoms with Crippen LogP contribution in [0.25, 0.3) is 5.78 Å². The number of hydrogen-bond donors (Lipinski definition) is 0. The number of aromatic nitrogens is 4. The van der Waals surface area contributed by atoms with Crippen molar-refractivity contribution < 1.29 is 4.79 Å². The first-order chi connectivity index (χ1) is 11.2. The molecule has 23 heavy (non-hydrogen) atoms. The van der Waals surface area contributed by atoms with Gasteiger partial charge in [0.25, 0.3) is 11.7 Å². The molecule has 3 aromatic heterocycles. The molecule has 1 aliphatic rings. The minimum Gasteiger partial charge on any atom is -0.337 e. The maximum atomic E-state index is 12.7. The Morgan fingerprint density at radius 1 is 1.30 bits per heavy atom. The van der Waals surface area contributed by atoms with Gasteiger partial charge in [0.2, 0.25) is 0 Å². The first-order valence-corrected chi connectivity index (χ1v) is 9.02. The van der Waals surface area contributed by atoms with Crippen LogP contribution in [-0.4, -0.2) is 43.5 Å². The quantitative estimate of drug-likeness (QED) is 0.673. The highest BCUT2D eigenvalue weighted by molar-refractivity contribution is 9.11. The van der Waals surface area contributed by atoms with Crippen LogP contribution in [0.2, 0.25) is 0 Å². The third-order valence-corrected chi connectivity index (χ3v) is 5.73. The van der Waals surface area contributed by atoms with E-state index in [0.717, 1.165) is 33.7 Å². The van der Waals surface area contributed by atoms with Gasteiger partial charge in [0.15, 0.2) is 0 Å². The zero-order valence-corrected chi connectivity index (χ0v) is 14.6. The first kappa shape index (κ1) is 14.8. The van der Waals surface area contributed by atoms with E-state index in [9.17, 15) is 4.79 Å². The lowest BCUT2D eigenvalue weighted by Crippen LogP contribution is -2.39. The van der Waals surface area contributed by atoms with Gasteiger partial charge in [-0.3, -0.25) is 4.79 Å². The second kappa shape index (κ2) is 6.01. The fourth-order valence-corrected chi connectivity index (χ4v) is 4.41. The van der Waals surface area contributed by atoms with Crippen LogP contribution in [0.3, 0.4) is 0 Å². The molecule has 1 atom stereocenters. The number of rotatable bonds is 2. The summed E-state index contributed by atoms with van der Waals surface area (Å²) in [5, 5.41) is 4.26. The Morgan fingerprint density at radius 3 is 3.04 bits per heavy atom. The fourth-order valence-electron chi connectivity index (χ4n) is 3.05. The second-order valence-corrected chi connectivity index (χ2v) is 8.00. The summed E-state index contributed by atoms with van der Waals surface area (Å²) in [5.74, 6) is 0.964. The molecule has 0 aromatic carbocycles. The third kappa shape index (κ3) is 2.76. The van der Waals surface area contributed by atoms with Crippen LogP contribution >= 0.6 is 27.3 Å². The van der Waals surface area contributed by atoms with Crippen molar-refractivity contribution in [1.29, 1.82) is 0 Å². The molecule has 0 aliphatic carbocycles. The zero-order chi connectivity index (χ0) is 15.8. The third-order valence-electron chi connectivity index (χ3n) is 4.12. The Labute approximate surface area is 145 Å². The number of carbonyl (C=O) groups is 1. The smallest absolute Gasteiger partial charge is 0.263 e. The monoisotopic (exact) mass is 391 g/mol. The van der Waals surface area contributed by atoms with Crippen molar-refractivity contribution in [2.24, 2.45) is 0 Å². The van der Waals surface area contributed by atoms with E-state index in [1.807, 2.05) is 23.1 Å². The Balaban J connectivity index is 1.60. The SMILES string of the molecule is O=C(c1ccc(Br)s1)N1CCC[C@H](c2ccnc3ncnn23)C1. The average molecular weight is 392 g/mol. The van der Waals surface area contributed by atoms with E-state index in [2.05, 4.69) is 31.0 Å². The van der Waals surface area contributed by atoms with Gasteiger partial charge in [-0.15, -0.1) is 11.3 Å². The summed E-state index contributed by atoms with van der Waals surface area (Å²) in [7, 11) is 0. The highest BCUT2D eigenvalue weighted by atomic mass is 79.9. The second-order valence-electron chi connectivity index (χ2n) is 5.54. The molecule has 4 heterocycles. The number of piperidine rings is 1. The van der Waals surface area contributed by atoms with Gasteiger partial charge < -0.3 is 4.90 Å². The molecule has 1 fully saturated rings. The number of likely N-dealkylation sites (tertiary alicyclic amines) is 1. The predicted octanol–water partition coefficient (Wildman–Crippen LogP) is 2.97. The van der Waals surface area contributed by atoms with Crippen molar-refractivity contribution in [2.75, 3.05) is 13.1 Å². The Kier molecular flexibility index (Phi) is 3.86. The molecule has 0 N–H and O–H groups in total. The molecule has 0 saturated carbocycles. The van der Waals surface area contributed by atoms with Gasteiger partial charge in [0.1, 0.15) is 6.33 Å². The number of fused-ring (bicyclic) bond motifs is 1. The van der Waals surface area contributed by atoms with Crippen molar-refractivity contribution in [1.82, 2.24) is 24.5 Å². The lowest BCUT2D eigenvalue weighted by Gasteiger charge is -2.32. The molecule has 0 spiro atoms. The molecule has 8 heteroatoms. The van der Waals surface area contributed by atoms with Crippen molar-refractivity contribution in [3.05, 3.63) is 45.1 Å². The maximum absolute atomic E-state index is 12.7. The van der Waals surface area contributed by atoms with Crippen molar-refractivity contribution in [3.63, 3.8) is 0 Å². The number of halogens is 1. The highest BCUT2D eigenvalue weighted by Crippen LogP contribution is 2.29. The van der Waals surface area contributed by atoms with E-state index >= 15 is 0 Å². The summed E-state index contributed by atoms with van der Waals surface area (Å²) in [5.41, 5.74) is 1.07. The van der Waals surface area contributed by atoms with Crippen LogP contribution in [0.1, 0.15) is 34.1 Å². The van der Waals surface area contributed by atoms with Gasteiger partial charge in [0, 0.05) is 25.2 Å². The van der Waals surface area contributed by atoms with Gasteiger partial charge >= 0.3 is 0 Å². The number of amides is 1. The molecule has 1 aliphatic heterocycles. The largest absolute Gasteiger partial charge is 0.337 e. The maximum Gasteiger partial charge on any atom is 0.263 e. The number of nitrogens with zero attached hydrogens (tertiary/aromatic N) is 5. The van der Waals surface area contributed by atoms with Crippen LogP contribution in [0, 0.1) is 0 Å². The summed E-state index contributed by atoms with van der Waals surface area (Å²) in [6.07, 6.45) is 5.30. The van der Waals surface area contributed by atoms with E-state index in [1.165, 1.54) is 17.7 Å². The number of carbonyl (C=O) groups excluding carboxylic acids is 1. The standard InChI is InChI=1S/C15H14BrN5OS/c16-13-4-3-12(23-13)14(22)20-7-1-2-10(8-20)11-5-6-17-15-18-9-19-21(11)15/h3-6,9-10H,1-2,7-8H2/t10-/m0/s1. The Bertz CT molecular complexity index is 860. The molecular formula is C15H14BrN5OS. The van der Waals surface area contributed by atoms with Gasteiger partial charge in [-0.1, -0.05) is 0 Å². The van der Waals surface area contributed by atoms with Gasteiger partial charge in [-0.25, -0.2) is 9.50 Å². The molecule has 3 aromatic rings.